The highest BCUT2D eigenvalue weighted by atomic mass is 32.2. The fourth-order valence-electron chi connectivity index (χ4n) is 4.45. The van der Waals surface area contributed by atoms with Crippen molar-refractivity contribution in [2.24, 2.45) is 0 Å². The van der Waals surface area contributed by atoms with Crippen LogP contribution in [0, 0.1) is 6.92 Å². The maximum atomic E-state index is 13.6. The highest BCUT2D eigenvalue weighted by Crippen LogP contribution is 2.26. The van der Waals surface area contributed by atoms with Crippen molar-refractivity contribution < 1.29 is 18.3 Å². The van der Waals surface area contributed by atoms with E-state index in [2.05, 4.69) is 34.1 Å². The van der Waals surface area contributed by atoms with Crippen LogP contribution >= 0.6 is 0 Å². The number of hydrogen-bond acceptors (Lipinski definition) is 6. The zero-order chi connectivity index (χ0) is 25.5. The zero-order valence-corrected chi connectivity index (χ0v) is 21.8. The lowest BCUT2D eigenvalue weighted by molar-refractivity contribution is 0.0743. The minimum absolute atomic E-state index is 0.0350. The number of benzene rings is 3. The van der Waals surface area contributed by atoms with Crippen molar-refractivity contribution in [3.8, 4) is 5.75 Å². The van der Waals surface area contributed by atoms with Gasteiger partial charge in [-0.05, 0) is 48.9 Å². The number of aliphatic hydroxyl groups excluding tert-OH is 1. The molecule has 1 atom stereocenters. The summed E-state index contributed by atoms with van der Waals surface area (Å²) >= 11 is 0. The molecule has 0 amide bonds. The molecule has 0 spiro atoms. The summed E-state index contributed by atoms with van der Waals surface area (Å²) in [6.07, 6.45) is -0.840. The molecule has 0 aliphatic carbocycles. The molecule has 0 unspecified atom stereocenters. The topological polar surface area (TPSA) is 73.3 Å². The van der Waals surface area contributed by atoms with Crippen molar-refractivity contribution >= 4 is 15.7 Å². The third-order valence-corrected chi connectivity index (χ3v) is 8.34. The molecule has 1 heterocycles. The van der Waals surface area contributed by atoms with Crippen LogP contribution < -0.4 is 9.04 Å². The quantitative estimate of drug-likeness (QED) is 0.452. The minimum Gasteiger partial charge on any atom is -0.497 e. The molecule has 1 aliphatic rings. The van der Waals surface area contributed by atoms with Gasteiger partial charge in [0.25, 0.3) is 10.0 Å². The number of hydrogen-bond donors (Lipinski definition) is 1. The Bertz CT molecular complexity index is 1190. The lowest BCUT2D eigenvalue weighted by Crippen LogP contribution is -2.50. The van der Waals surface area contributed by atoms with Crippen LogP contribution in [0.2, 0.25) is 0 Å². The van der Waals surface area contributed by atoms with E-state index in [1.807, 2.05) is 13.0 Å². The second-order valence-electron chi connectivity index (χ2n) is 9.26. The Hall–Kier alpha value is -2.91. The molecule has 7 nitrogen and oxygen atoms in total. The van der Waals surface area contributed by atoms with Crippen LogP contribution in [0.15, 0.2) is 83.8 Å². The summed E-state index contributed by atoms with van der Waals surface area (Å²) in [7, 11) is -2.30. The molecule has 4 rings (SSSR count). The van der Waals surface area contributed by atoms with Crippen LogP contribution in [0.4, 0.5) is 5.69 Å². The maximum Gasteiger partial charge on any atom is 0.264 e. The number of sulfonamides is 1. The zero-order valence-electron chi connectivity index (χ0n) is 21.0. The second kappa shape index (κ2) is 11.9. The molecule has 1 fully saturated rings. The number of anilines is 1. The van der Waals surface area contributed by atoms with E-state index in [1.54, 1.807) is 55.6 Å². The number of piperazine rings is 1. The van der Waals surface area contributed by atoms with E-state index in [9.17, 15) is 13.5 Å². The standard InChI is InChI=1S/C28H35N3O4S/c1-23-8-14-28(15-9-23)36(33,34)31(25-10-12-27(35-2)13-11-25)22-26(32)21-30-18-16-29(17-19-30)20-24-6-4-3-5-7-24/h3-15,26,32H,16-22H2,1-2H3/t26-/m1/s1. The fraction of sp³-hybridized carbons (Fsp3) is 0.357. The summed E-state index contributed by atoms with van der Waals surface area (Å²) in [6, 6.07) is 24.1. The van der Waals surface area contributed by atoms with Gasteiger partial charge in [-0.2, -0.15) is 0 Å². The van der Waals surface area contributed by atoms with Crippen molar-refractivity contribution in [2.45, 2.75) is 24.5 Å². The van der Waals surface area contributed by atoms with Crippen molar-refractivity contribution in [3.63, 3.8) is 0 Å². The normalized spacial score (nSPS) is 16.0. The van der Waals surface area contributed by atoms with E-state index in [4.69, 9.17) is 4.74 Å². The minimum atomic E-state index is -3.86. The molecule has 1 N–H and O–H groups in total. The number of nitrogens with zero attached hydrogens (tertiary/aromatic N) is 3. The van der Waals surface area contributed by atoms with Gasteiger partial charge in [-0.1, -0.05) is 48.0 Å². The summed E-state index contributed by atoms with van der Waals surface area (Å²) in [4.78, 5) is 4.81. The first-order chi connectivity index (χ1) is 17.3. The van der Waals surface area contributed by atoms with Crippen molar-refractivity contribution in [1.82, 2.24) is 9.80 Å². The molecule has 192 valence electrons. The van der Waals surface area contributed by atoms with Gasteiger partial charge in [-0.25, -0.2) is 8.42 Å². The predicted molar refractivity (Wildman–Crippen MR) is 143 cm³/mol. The van der Waals surface area contributed by atoms with Crippen molar-refractivity contribution in [3.05, 3.63) is 90.0 Å². The van der Waals surface area contributed by atoms with Crippen LogP contribution in [0.25, 0.3) is 0 Å². The van der Waals surface area contributed by atoms with Gasteiger partial charge < -0.3 is 9.84 Å². The SMILES string of the molecule is COc1ccc(N(C[C@H](O)CN2CCN(Cc3ccccc3)CC2)S(=O)(=O)c2ccc(C)cc2)cc1. The molecule has 1 saturated heterocycles. The van der Waals surface area contributed by atoms with Gasteiger partial charge in [0.05, 0.1) is 30.3 Å². The Kier molecular flexibility index (Phi) is 8.64. The Morgan fingerprint density at radius 1 is 0.889 bits per heavy atom. The van der Waals surface area contributed by atoms with E-state index in [0.29, 0.717) is 18.0 Å². The number of methoxy groups -OCH3 is 1. The lowest BCUT2D eigenvalue weighted by Gasteiger charge is -2.36. The molecule has 36 heavy (non-hydrogen) atoms. The molecular formula is C28H35N3O4S. The first-order valence-corrected chi connectivity index (χ1v) is 13.7. The first kappa shape index (κ1) is 26.2. The molecule has 0 bridgehead atoms. The van der Waals surface area contributed by atoms with Crippen molar-refractivity contribution in [1.29, 1.82) is 0 Å². The Balaban J connectivity index is 1.43. The molecule has 0 saturated carbocycles. The van der Waals surface area contributed by atoms with Crippen LogP contribution in [-0.2, 0) is 16.6 Å². The summed E-state index contributed by atoms with van der Waals surface area (Å²) in [5.41, 5.74) is 2.77. The molecule has 0 radical (unpaired) electrons. The van der Waals surface area contributed by atoms with Gasteiger partial charge in [0.2, 0.25) is 0 Å². The summed E-state index contributed by atoms with van der Waals surface area (Å²) < 4.78 is 33.7. The summed E-state index contributed by atoms with van der Waals surface area (Å²) in [6.45, 7) is 6.69. The molecular weight excluding hydrogens is 474 g/mol. The smallest absolute Gasteiger partial charge is 0.264 e. The predicted octanol–water partition coefficient (Wildman–Crippen LogP) is 3.38. The van der Waals surface area contributed by atoms with Gasteiger partial charge in [0.15, 0.2) is 0 Å². The van der Waals surface area contributed by atoms with E-state index in [1.165, 1.54) is 9.87 Å². The molecule has 1 aliphatic heterocycles. The Morgan fingerprint density at radius 2 is 1.50 bits per heavy atom. The maximum absolute atomic E-state index is 13.6. The summed E-state index contributed by atoms with van der Waals surface area (Å²) in [5, 5.41) is 11.0. The van der Waals surface area contributed by atoms with E-state index in [0.717, 1.165) is 38.3 Å². The third kappa shape index (κ3) is 6.64. The monoisotopic (exact) mass is 509 g/mol. The molecule has 3 aromatic rings. The number of ether oxygens (including phenoxy) is 1. The van der Waals surface area contributed by atoms with Gasteiger partial charge in [-0.15, -0.1) is 0 Å². The molecule has 3 aromatic carbocycles. The van der Waals surface area contributed by atoms with Gasteiger partial charge in [0.1, 0.15) is 5.75 Å². The lowest BCUT2D eigenvalue weighted by atomic mass is 10.2. The average Bonchev–Trinajstić information content (AvgIpc) is 2.89. The number of aryl methyl sites for hydroxylation is 1. The van der Waals surface area contributed by atoms with Gasteiger partial charge in [-0.3, -0.25) is 14.1 Å². The first-order valence-electron chi connectivity index (χ1n) is 12.3. The van der Waals surface area contributed by atoms with E-state index in [-0.39, 0.29) is 11.4 Å². The Labute approximate surface area is 214 Å². The van der Waals surface area contributed by atoms with Gasteiger partial charge >= 0.3 is 0 Å². The number of rotatable bonds is 10. The molecule has 0 aromatic heterocycles. The Morgan fingerprint density at radius 3 is 2.11 bits per heavy atom. The van der Waals surface area contributed by atoms with E-state index < -0.39 is 16.1 Å². The summed E-state index contributed by atoms with van der Waals surface area (Å²) in [5.74, 6) is 0.639. The fourth-order valence-corrected chi connectivity index (χ4v) is 5.95. The average molecular weight is 510 g/mol. The third-order valence-electron chi connectivity index (χ3n) is 6.53. The van der Waals surface area contributed by atoms with E-state index >= 15 is 0 Å². The largest absolute Gasteiger partial charge is 0.497 e. The van der Waals surface area contributed by atoms with Crippen LogP contribution in [-0.4, -0.2) is 75.8 Å². The highest BCUT2D eigenvalue weighted by molar-refractivity contribution is 7.92. The molecule has 8 heteroatoms. The van der Waals surface area contributed by atoms with Crippen LogP contribution in [0.1, 0.15) is 11.1 Å². The van der Waals surface area contributed by atoms with Crippen LogP contribution in [0.3, 0.4) is 0 Å². The number of aliphatic hydroxyl groups is 1. The highest BCUT2D eigenvalue weighted by Gasteiger charge is 2.28. The van der Waals surface area contributed by atoms with Crippen molar-refractivity contribution in [2.75, 3.05) is 50.7 Å². The number of β-amino-alcohol motifs (C(OH)–C–C–N with tert-alkyl or cyclic N) is 1. The van der Waals surface area contributed by atoms with Gasteiger partial charge in [0, 0.05) is 39.3 Å². The second-order valence-corrected chi connectivity index (χ2v) is 11.1. The van der Waals surface area contributed by atoms with Crippen LogP contribution in [0.5, 0.6) is 5.75 Å².